The van der Waals surface area contributed by atoms with Crippen molar-refractivity contribution < 1.29 is 9.59 Å². The quantitative estimate of drug-likeness (QED) is 0.862. The average molecular weight is 314 g/mol. The first kappa shape index (κ1) is 16.0. The third-order valence-electron chi connectivity index (χ3n) is 3.03. The topological polar surface area (TPSA) is 49.4 Å². The van der Waals surface area contributed by atoms with Gasteiger partial charge in [0.05, 0.1) is 6.54 Å². The maximum absolute atomic E-state index is 11.9. The van der Waals surface area contributed by atoms with Crippen LogP contribution in [0.25, 0.3) is 6.08 Å². The first-order chi connectivity index (χ1) is 10.5. The highest BCUT2D eigenvalue weighted by Gasteiger charge is 2.10. The Balaban J connectivity index is 1.85. The predicted octanol–water partition coefficient (Wildman–Crippen LogP) is 3.17. The Kier molecular flexibility index (Phi) is 5.49. The largest absolute Gasteiger partial charge is 0.333 e. The summed E-state index contributed by atoms with van der Waals surface area (Å²) in [4.78, 5) is 26.2. The fourth-order valence-corrected chi connectivity index (χ4v) is 2.42. The number of aryl methyl sites for hydroxylation is 1. The van der Waals surface area contributed by atoms with Gasteiger partial charge in [-0.05, 0) is 36.6 Å². The summed E-state index contributed by atoms with van der Waals surface area (Å²) in [6.07, 6.45) is 3.23. The monoisotopic (exact) mass is 314 g/mol. The highest BCUT2D eigenvalue weighted by Crippen LogP contribution is 2.11. The molecule has 0 fully saturated rings. The van der Waals surface area contributed by atoms with E-state index in [2.05, 4.69) is 5.32 Å². The normalized spacial score (nSPS) is 10.6. The van der Waals surface area contributed by atoms with Gasteiger partial charge in [-0.2, -0.15) is 0 Å². The first-order valence-electron chi connectivity index (χ1n) is 6.88. The summed E-state index contributed by atoms with van der Waals surface area (Å²) in [5.74, 6) is -0.420. The van der Waals surface area contributed by atoms with Gasteiger partial charge in [0.2, 0.25) is 11.8 Å². The highest BCUT2D eigenvalue weighted by atomic mass is 32.1. The van der Waals surface area contributed by atoms with Gasteiger partial charge in [-0.25, -0.2) is 0 Å². The van der Waals surface area contributed by atoms with Gasteiger partial charge in [0.25, 0.3) is 0 Å². The van der Waals surface area contributed by atoms with Gasteiger partial charge in [-0.1, -0.05) is 23.8 Å². The van der Waals surface area contributed by atoms with E-state index >= 15 is 0 Å². The van der Waals surface area contributed by atoms with E-state index in [4.69, 9.17) is 0 Å². The van der Waals surface area contributed by atoms with Gasteiger partial charge < -0.3 is 10.2 Å². The van der Waals surface area contributed by atoms with E-state index in [0.29, 0.717) is 0 Å². The van der Waals surface area contributed by atoms with E-state index in [9.17, 15) is 9.59 Å². The summed E-state index contributed by atoms with van der Waals surface area (Å²) < 4.78 is 0. The third kappa shape index (κ3) is 4.86. The minimum atomic E-state index is -0.218. The molecule has 5 heteroatoms. The van der Waals surface area contributed by atoms with Crippen LogP contribution in [-0.2, 0) is 9.59 Å². The number of carbonyl (C=O) groups excluding carboxylic acids is 2. The summed E-state index contributed by atoms with van der Waals surface area (Å²) in [5, 5.41) is 4.72. The molecule has 0 aliphatic carbocycles. The Morgan fingerprint density at radius 2 is 1.95 bits per heavy atom. The summed E-state index contributed by atoms with van der Waals surface area (Å²) in [6, 6.07) is 11.4. The Hall–Kier alpha value is -2.40. The molecule has 0 bridgehead atoms. The van der Waals surface area contributed by atoms with Crippen molar-refractivity contribution in [3.05, 3.63) is 58.3 Å². The van der Waals surface area contributed by atoms with Gasteiger partial charge in [-0.15, -0.1) is 11.3 Å². The molecule has 1 aromatic heterocycles. The maximum Gasteiger partial charge on any atom is 0.246 e. The Bertz CT molecular complexity index is 660. The van der Waals surface area contributed by atoms with Crippen molar-refractivity contribution in [3.63, 3.8) is 0 Å². The Labute approximate surface area is 134 Å². The number of thiophene rings is 1. The van der Waals surface area contributed by atoms with Crippen LogP contribution in [-0.4, -0.2) is 30.3 Å². The Morgan fingerprint density at radius 3 is 2.59 bits per heavy atom. The van der Waals surface area contributed by atoms with Crippen molar-refractivity contribution in [2.24, 2.45) is 0 Å². The summed E-state index contributed by atoms with van der Waals surface area (Å²) in [6.45, 7) is 2.00. The van der Waals surface area contributed by atoms with E-state index < -0.39 is 0 Å². The molecule has 4 nitrogen and oxygen atoms in total. The van der Waals surface area contributed by atoms with E-state index in [-0.39, 0.29) is 18.4 Å². The van der Waals surface area contributed by atoms with Gasteiger partial charge in [0.1, 0.15) is 0 Å². The average Bonchev–Trinajstić information content (AvgIpc) is 3.00. The third-order valence-corrected chi connectivity index (χ3v) is 3.86. The van der Waals surface area contributed by atoms with Gasteiger partial charge in [-0.3, -0.25) is 9.59 Å². The van der Waals surface area contributed by atoms with Crippen molar-refractivity contribution in [3.8, 4) is 0 Å². The van der Waals surface area contributed by atoms with Crippen molar-refractivity contribution >= 4 is 34.9 Å². The molecular formula is C17H18N2O2S. The van der Waals surface area contributed by atoms with Crippen LogP contribution in [0.15, 0.2) is 47.9 Å². The number of hydrogen-bond donors (Lipinski definition) is 1. The van der Waals surface area contributed by atoms with Gasteiger partial charge >= 0.3 is 0 Å². The number of nitrogens with one attached hydrogen (secondary N) is 1. The lowest BCUT2D eigenvalue weighted by Crippen LogP contribution is -2.33. The standard InChI is InChI=1S/C17H18N2O2S/c1-13-5-7-14(8-6-13)18-16(20)12-19(2)17(21)10-9-15-4-3-11-22-15/h3-11H,12H2,1-2H3,(H,18,20)/b10-9+. The number of carbonyl (C=O) groups is 2. The second-order valence-corrected chi connectivity index (χ2v) is 5.94. The summed E-state index contributed by atoms with van der Waals surface area (Å²) in [7, 11) is 1.61. The zero-order valence-electron chi connectivity index (χ0n) is 12.6. The molecule has 0 aliphatic rings. The molecule has 0 aliphatic heterocycles. The first-order valence-corrected chi connectivity index (χ1v) is 7.76. The van der Waals surface area contributed by atoms with E-state index in [1.807, 2.05) is 48.7 Å². The molecule has 2 aromatic rings. The molecule has 0 saturated carbocycles. The van der Waals surface area contributed by atoms with Crippen molar-refractivity contribution in [1.29, 1.82) is 0 Å². The molecule has 114 valence electrons. The van der Waals surface area contributed by atoms with Crippen molar-refractivity contribution in [1.82, 2.24) is 4.90 Å². The SMILES string of the molecule is Cc1ccc(NC(=O)CN(C)C(=O)/C=C/c2cccs2)cc1. The number of amides is 2. The molecule has 1 heterocycles. The number of hydrogen-bond acceptors (Lipinski definition) is 3. The minimum Gasteiger partial charge on any atom is -0.333 e. The number of nitrogens with zero attached hydrogens (tertiary/aromatic N) is 1. The number of rotatable bonds is 5. The van der Waals surface area contributed by atoms with Gasteiger partial charge in [0.15, 0.2) is 0 Å². The maximum atomic E-state index is 11.9. The van der Waals surface area contributed by atoms with E-state index in [1.54, 1.807) is 24.5 Å². The molecule has 22 heavy (non-hydrogen) atoms. The molecule has 2 amide bonds. The molecule has 1 N–H and O–H groups in total. The fraction of sp³-hybridized carbons (Fsp3) is 0.176. The van der Waals surface area contributed by atoms with Crippen LogP contribution >= 0.6 is 11.3 Å². The molecular weight excluding hydrogens is 296 g/mol. The van der Waals surface area contributed by atoms with Crippen LogP contribution in [0.4, 0.5) is 5.69 Å². The number of benzene rings is 1. The van der Waals surface area contributed by atoms with E-state index in [0.717, 1.165) is 16.1 Å². The molecule has 2 rings (SSSR count). The van der Waals surface area contributed by atoms with Gasteiger partial charge in [0, 0.05) is 23.7 Å². The van der Waals surface area contributed by atoms with Crippen LogP contribution in [0.1, 0.15) is 10.4 Å². The smallest absolute Gasteiger partial charge is 0.246 e. The zero-order chi connectivity index (χ0) is 15.9. The molecule has 0 radical (unpaired) electrons. The molecule has 0 unspecified atom stereocenters. The van der Waals surface area contributed by atoms with Crippen LogP contribution in [0.2, 0.25) is 0 Å². The number of anilines is 1. The second kappa shape index (κ2) is 7.56. The lowest BCUT2D eigenvalue weighted by Gasteiger charge is -2.14. The van der Waals surface area contributed by atoms with Crippen LogP contribution in [0, 0.1) is 6.92 Å². The molecule has 0 spiro atoms. The summed E-state index contributed by atoms with van der Waals surface area (Å²) in [5.41, 5.74) is 1.86. The molecule has 0 saturated heterocycles. The van der Waals surface area contributed by atoms with Crippen LogP contribution in [0.3, 0.4) is 0 Å². The van der Waals surface area contributed by atoms with Crippen molar-refractivity contribution in [2.75, 3.05) is 18.9 Å². The zero-order valence-corrected chi connectivity index (χ0v) is 13.4. The van der Waals surface area contributed by atoms with Crippen LogP contribution in [0.5, 0.6) is 0 Å². The second-order valence-electron chi connectivity index (χ2n) is 4.96. The predicted molar refractivity (Wildman–Crippen MR) is 90.8 cm³/mol. The van der Waals surface area contributed by atoms with Crippen molar-refractivity contribution in [2.45, 2.75) is 6.92 Å². The number of likely N-dealkylation sites (N-methyl/N-ethyl adjacent to an activating group) is 1. The lowest BCUT2D eigenvalue weighted by molar-refractivity contribution is -0.129. The Morgan fingerprint density at radius 1 is 1.23 bits per heavy atom. The minimum absolute atomic E-state index is 0.0154. The van der Waals surface area contributed by atoms with Crippen LogP contribution < -0.4 is 5.32 Å². The molecule has 1 aromatic carbocycles. The van der Waals surface area contributed by atoms with E-state index in [1.165, 1.54) is 11.0 Å². The molecule has 0 atom stereocenters. The fourth-order valence-electron chi connectivity index (χ4n) is 1.80. The highest BCUT2D eigenvalue weighted by molar-refractivity contribution is 7.10. The summed E-state index contributed by atoms with van der Waals surface area (Å²) >= 11 is 1.56. The lowest BCUT2D eigenvalue weighted by atomic mass is 10.2.